The topological polar surface area (TPSA) is 107 Å². The maximum atomic E-state index is 13.0. The second kappa shape index (κ2) is 9.34. The Bertz CT molecular complexity index is 906. The minimum Gasteiger partial charge on any atom is -0.478 e. The Hall–Kier alpha value is -3.19. The van der Waals surface area contributed by atoms with Gasteiger partial charge in [-0.15, -0.1) is 0 Å². The number of aliphatic carboxylic acids is 2. The van der Waals surface area contributed by atoms with Crippen LogP contribution in [0, 0.1) is 11.8 Å². The molecule has 7 nitrogen and oxygen atoms in total. The number of nitrogens with zero attached hydrogens (tertiary/aromatic N) is 1. The van der Waals surface area contributed by atoms with Crippen molar-refractivity contribution in [2.24, 2.45) is 11.8 Å². The number of amides is 1. The van der Waals surface area contributed by atoms with Gasteiger partial charge in [0.1, 0.15) is 0 Å². The molecule has 2 heterocycles. The second-order valence-electron chi connectivity index (χ2n) is 7.37. The molecule has 0 spiro atoms. The van der Waals surface area contributed by atoms with Crippen molar-refractivity contribution in [1.82, 2.24) is 10.2 Å². The van der Waals surface area contributed by atoms with Gasteiger partial charge < -0.3 is 20.4 Å². The summed E-state index contributed by atoms with van der Waals surface area (Å²) >= 11 is 0. The molecule has 2 saturated heterocycles. The van der Waals surface area contributed by atoms with Gasteiger partial charge in [-0.05, 0) is 48.2 Å². The Balaban J connectivity index is 0.000000258. The maximum absolute atomic E-state index is 13.0. The highest BCUT2D eigenvalue weighted by molar-refractivity contribution is 6.07. The van der Waals surface area contributed by atoms with Crippen LogP contribution >= 0.6 is 0 Å². The molecule has 3 N–H and O–H groups in total. The molecule has 2 fully saturated rings. The standard InChI is InChI=1S/C18H20N2O.C4H4O4/c21-18(20-11-13-8-14(12-20)10-19-9-13)17-7-3-5-15-4-1-2-6-16(15)17;5-3(6)1-2-4(7)8/h1-7,13-14,19H,8-12H2;1-2H,(H,5,6)(H,7,8)/b;2-1+/t13-,14+;. The zero-order valence-electron chi connectivity index (χ0n) is 16.0. The molecule has 2 aromatic carbocycles. The summed E-state index contributed by atoms with van der Waals surface area (Å²) in [7, 11) is 0. The fourth-order valence-electron chi connectivity index (χ4n) is 4.00. The first-order valence-electron chi connectivity index (χ1n) is 9.55. The average Bonchev–Trinajstić information content (AvgIpc) is 2.71. The number of carboxylic acids is 2. The molecular weight excluding hydrogens is 372 g/mol. The highest BCUT2D eigenvalue weighted by Gasteiger charge is 2.33. The van der Waals surface area contributed by atoms with Crippen molar-refractivity contribution in [3.8, 4) is 0 Å². The van der Waals surface area contributed by atoms with E-state index in [1.54, 1.807) is 0 Å². The lowest BCUT2D eigenvalue weighted by Crippen LogP contribution is -2.52. The van der Waals surface area contributed by atoms with Crippen LogP contribution in [0.1, 0.15) is 16.8 Å². The highest BCUT2D eigenvalue weighted by Crippen LogP contribution is 2.27. The van der Waals surface area contributed by atoms with E-state index in [9.17, 15) is 14.4 Å². The first kappa shape index (κ1) is 20.5. The number of likely N-dealkylation sites (tertiary alicyclic amines) is 1. The Labute approximate surface area is 168 Å². The van der Waals surface area contributed by atoms with Gasteiger partial charge in [0, 0.05) is 30.8 Å². The van der Waals surface area contributed by atoms with Crippen molar-refractivity contribution in [3.05, 3.63) is 60.2 Å². The molecule has 0 aromatic heterocycles. The predicted molar refractivity (Wildman–Crippen MR) is 109 cm³/mol. The molecule has 2 bridgehead atoms. The van der Waals surface area contributed by atoms with Crippen LogP contribution in [-0.4, -0.2) is 59.1 Å². The number of carbonyl (C=O) groups excluding carboxylic acids is 1. The molecule has 0 unspecified atom stereocenters. The van der Waals surface area contributed by atoms with Gasteiger partial charge >= 0.3 is 11.9 Å². The van der Waals surface area contributed by atoms with Crippen molar-refractivity contribution < 1.29 is 24.6 Å². The Morgan fingerprint density at radius 2 is 1.48 bits per heavy atom. The third-order valence-electron chi connectivity index (χ3n) is 5.17. The lowest BCUT2D eigenvalue weighted by Gasteiger charge is -2.41. The summed E-state index contributed by atoms with van der Waals surface area (Å²) in [6, 6.07) is 14.2. The number of nitrogens with one attached hydrogen (secondary N) is 1. The number of hydrogen-bond acceptors (Lipinski definition) is 4. The van der Waals surface area contributed by atoms with Gasteiger partial charge in [0.15, 0.2) is 0 Å². The van der Waals surface area contributed by atoms with E-state index in [0.717, 1.165) is 42.5 Å². The van der Waals surface area contributed by atoms with E-state index in [2.05, 4.69) is 28.4 Å². The maximum Gasteiger partial charge on any atom is 0.328 e. The van der Waals surface area contributed by atoms with E-state index >= 15 is 0 Å². The molecule has 4 rings (SSSR count). The van der Waals surface area contributed by atoms with Crippen LogP contribution < -0.4 is 5.32 Å². The van der Waals surface area contributed by atoms with Gasteiger partial charge in [-0.3, -0.25) is 4.79 Å². The summed E-state index contributed by atoms with van der Waals surface area (Å²) in [5.41, 5.74) is 0.848. The zero-order chi connectivity index (χ0) is 20.8. The molecule has 29 heavy (non-hydrogen) atoms. The van der Waals surface area contributed by atoms with E-state index in [1.165, 1.54) is 6.42 Å². The van der Waals surface area contributed by atoms with Crippen molar-refractivity contribution >= 4 is 28.6 Å². The third kappa shape index (κ3) is 5.42. The van der Waals surface area contributed by atoms with Gasteiger partial charge in [0.25, 0.3) is 5.91 Å². The highest BCUT2D eigenvalue weighted by atomic mass is 16.4. The van der Waals surface area contributed by atoms with Crippen LogP contribution in [0.3, 0.4) is 0 Å². The quantitative estimate of drug-likeness (QED) is 0.687. The van der Waals surface area contributed by atoms with Crippen LogP contribution in [-0.2, 0) is 9.59 Å². The molecule has 2 atom stereocenters. The SMILES string of the molecule is O=C(O)/C=C/C(=O)O.O=C(c1cccc2ccccc12)N1C[C@@H]2CNC[C@@H](C2)C1. The van der Waals surface area contributed by atoms with Gasteiger partial charge in [0.2, 0.25) is 0 Å². The molecule has 2 aliphatic rings. The average molecular weight is 396 g/mol. The van der Waals surface area contributed by atoms with Crippen LogP contribution in [0.25, 0.3) is 10.8 Å². The lowest BCUT2D eigenvalue weighted by molar-refractivity contribution is -0.134. The molecule has 152 valence electrons. The van der Waals surface area contributed by atoms with Gasteiger partial charge in [-0.2, -0.15) is 0 Å². The van der Waals surface area contributed by atoms with E-state index in [4.69, 9.17) is 10.2 Å². The summed E-state index contributed by atoms with van der Waals surface area (Å²) in [5.74, 6) is -1.07. The molecule has 2 aliphatic heterocycles. The number of piperidine rings is 2. The predicted octanol–water partition coefficient (Wildman–Crippen LogP) is 2.23. The van der Waals surface area contributed by atoms with Crippen LogP contribution in [0.4, 0.5) is 0 Å². The summed E-state index contributed by atoms with van der Waals surface area (Å²) < 4.78 is 0. The summed E-state index contributed by atoms with van der Waals surface area (Å²) in [6.45, 7) is 3.89. The van der Waals surface area contributed by atoms with E-state index in [-0.39, 0.29) is 5.91 Å². The van der Waals surface area contributed by atoms with Gasteiger partial charge in [-0.1, -0.05) is 36.4 Å². The molecule has 2 aromatic rings. The van der Waals surface area contributed by atoms with Crippen LogP contribution in [0.5, 0.6) is 0 Å². The van der Waals surface area contributed by atoms with Crippen molar-refractivity contribution in [3.63, 3.8) is 0 Å². The Morgan fingerprint density at radius 3 is 2.10 bits per heavy atom. The first-order valence-corrected chi connectivity index (χ1v) is 9.55. The smallest absolute Gasteiger partial charge is 0.328 e. The number of rotatable bonds is 3. The minimum absolute atomic E-state index is 0.198. The van der Waals surface area contributed by atoms with E-state index in [0.29, 0.717) is 24.0 Å². The molecule has 0 radical (unpaired) electrons. The monoisotopic (exact) mass is 396 g/mol. The van der Waals surface area contributed by atoms with Crippen LogP contribution in [0.15, 0.2) is 54.6 Å². The molecule has 1 amide bonds. The van der Waals surface area contributed by atoms with Crippen molar-refractivity contribution in [2.75, 3.05) is 26.2 Å². The van der Waals surface area contributed by atoms with Gasteiger partial charge in [0.05, 0.1) is 0 Å². The molecule has 0 aliphatic carbocycles. The van der Waals surface area contributed by atoms with Gasteiger partial charge in [-0.25, -0.2) is 9.59 Å². The number of fused-ring (bicyclic) bond motifs is 3. The number of hydrogen-bond donors (Lipinski definition) is 3. The van der Waals surface area contributed by atoms with Crippen molar-refractivity contribution in [1.29, 1.82) is 0 Å². The number of benzene rings is 2. The second-order valence-corrected chi connectivity index (χ2v) is 7.37. The fourth-order valence-corrected chi connectivity index (χ4v) is 4.00. The summed E-state index contributed by atoms with van der Waals surface area (Å²) in [6.07, 6.45) is 2.39. The molecule has 7 heteroatoms. The lowest BCUT2D eigenvalue weighted by atomic mass is 9.85. The largest absolute Gasteiger partial charge is 0.478 e. The third-order valence-corrected chi connectivity index (χ3v) is 5.17. The zero-order valence-corrected chi connectivity index (χ0v) is 16.0. The first-order chi connectivity index (χ1) is 13.9. The Kier molecular flexibility index (Phi) is 6.61. The van der Waals surface area contributed by atoms with Crippen LogP contribution in [0.2, 0.25) is 0 Å². The Morgan fingerprint density at radius 1 is 0.897 bits per heavy atom. The molecule has 0 saturated carbocycles. The molecular formula is C22H24N2O5. The minimum atomic E-state index is -1.26. The summed E-state index contributed by atoms with van der Waals surface area (Å²) in [5, 5.41) is 21.3. The normalized spacial score (nSPS) is 20.8. The number of carbonyl (C=O) groups is 3. The van der Waals surface area contributed by atoms with E-state index in [1.807, 2.05) is 24.3 Å². The van der Waals surface area contributed by atoms with E-state index < -0.39 is 11.9 Å². The van der Waals surface area contributed by atoms with Crippen molar-refractivity contribution in [2.45, 2.75) is 6.42 Å². The number of carboxylic acid groups (broad SMARTS) is 2. The fraction of sp³-hybridized carbons (Fsp3) is 0.318. The summed E-state index contributed by atoms with van der Waals surface area (Å²) in [4.78, 5) is 34.1.